The summed E-state index contributed by atoms with van der Waals surface area (Å²) in [5, 5.41) is 13.8. The number of carbonyl (C=O) groups excluding carboxylic acids is 1. The second-order valence-corrected chi connectivity index (χ2v) is 7.72. The van der Waals surface area contributed by atoms with E-state index in [9.17, 15) is 14.5 Å². The van der Waals surface area contributed by atoms with E-state index in [1.807, 2.05) is 30.3 Å². The van der Waals surface area contributed by atoms with Crippen molar-refractivity contribution in [3.63, 3.8) is 0 Å². The molecule has 0 spiro atoms. The van der Waals surface area contributed by atoms with Gasteiger partial charge in [0.05, 0.1) is 19.0 Å². The zero-order valence-corrected chi connectivity index (χ0v) is 16.1. The van der Waals surface area contributed by atoms with Crippen molar-refractivity contribution in [2.45, 2.75) is 31.0 Å². The Morgan fingerprint density at radius 1 is 1.34 bits per heavy atom. The highest BCUT2D eigenvalue weighted by atomic mass is 31.2. The fourth-order valence-electron chi connectivity index (χ4n) is 3.11. The minimum Gasteiger partial charge on any atom is -0.389 e. The van der Waals surface area contributed by atoms with Crippen LogP contribution < -0.4 is 16.8 Å². The molecule has 3 rings (SSSR count). The van der Waals surface area contributed by atoms with Crippen LogP contribution in [0.5, 0.6) is 0 Å². The van der Waals surface area contributed by atoms with E-state index in [-0.39, 0.29) is 11.5 Å². The molecule has 0 saturated carbocycles. The fraction of sp³-hybridized carbons (Fsp3) is 0.375. The molecule has 2 heterocycles. The topological polar surface area (TPSA) is 195 Å². The molecule has 0 unspecified atom stereocenters. The number of nitrogens with one attached hydrogen (secondary N) is 1. The number of nitrogen functional groups attached to an aromatic ring is 1. The molecule has 1 aliphatic heterocycles. The van der Waals surface area contributed by atoms with Gasteiger partial charge in [0.25, 0.3) is 5.91 Å². The maximum Gasteiger partial charge on any atom is 0.469 e. The van der Waals surface area contributed by atoms with Crippen molar-refractivity contribution in [2.75, 3.05) is 12.3 Å². The maximum atomic E-state index is 11.4. The smallest absolute Gasteiger partial charge is 0.389 e. The van der Waals surface area contributed by atoms with Gasteiger partial charge in [-0.1, -0.05) is 30.3 Å². The van der Waals surface area contributed by atoms with Crippen LogP contribution in [0.25, 0.3) is 0 Å². The molecule has 29 heavy (non-hydrogen) atoms. The molecular weight excluding hydrogens is 405 g/mol. The summed E-state index contributed by atoms with van der Waals surface area (Å²) in [5.41, 5.74) is 12.0. The van der Waals surface area contributed by atoms with Crippen LogP contribution >= 0.6 is 7.82 Å². The Bertz CT molecular complexity index is 902. The average molecular weight is 427 g/mol. The maximum absolute atomic E-state index is 11.4. The van der Waals surface area contributed by atoms with E-state index in [1.54, 1.807) is 0 Å². The number of rotatable bonds is 8. The van der Waals surface area contributed by atoms with Gasteiger partial charge in [0, 0.05) is 6.54 Å². The largest absolute Gasteiger partial charge is 0.469 e. The summed E-state index contributed by atoms with van der Waals surface area (Å²) in [5.74, 6) is -0.882. The predicted octanol–water partition coefficient (Wildman–Crippen LogP) is -0.910. The van der Waals surface area contributed by atoms with Crippen LogP contribution in [0.1, 0.15) is 22.3 Å². The number of phosphoric acid groups is 1. The number of phosphoric ester groups is 1. The van der Waals surface area contributed by atoms with Gasteiger partial charge in [0.2, 0.25) is 0 Å². The molecule has 0 aliphatic carbocycles. The van der Waals surface area contributed by atoms with E-state index in [4.69, 9.17) is 26.0 Å². The number of aromatic nitrogens is 2. The number of anilines is 1. The number of hydrogen-bond acceptors (Lipinski definition) is 8. The van der Waals surface area contributed by atoms with Crippen molar-refractivity contribution >= 4 is 19.5 Å². The predicted molar refractivity (Wildman–Crippen MR) is 100 cm³/mol. The van der Waals surface area contributed by atoms with Gasteiger partial charge < -0.3 is 36.4 Å². The first-order valence-corrected chi connectivity index (χ1v) is 10.1. The monoisotopic (exact) mass is 427 g/mol. The van der Waals surface area contributed by atoms with Crippen molar-refractivity contribution in [2.24, 2.45) is 5.73 Å². The van der Waals surface area contributed by atoms with E-state index in [0.717, 1.165) is 5.56 Å². The van der Waals surface area contributed by atoms with Crippen molar-refractivity contribution in [1.82, 2.24) is 14.9 Å². The van der Waals surface area contributed by atoms with E-state index < -0.39 is 44.8 Å². The highest BCUT2D eigenvalue weighted by Gasteiger charge is 2.46. The number of hydrogen-bond donors (Lipinski definition) is 6. The molecule has 1 aromatic carbocycles. The third-order valence-electron chi connectivity index (χ3n) is 4.50. The Kier molecular flexibility index (Phi) is 6.34. The molecule has 2 aromatic rings. The summed E-state index contributed by atoms with van der Waals surface area (Å²) in [6.45, 7) is -0.186. The van der Waals surface area contributed by atoms with Crippen molar-refractivity contribution in [3.05, 3.63) is 47.9 Å². The molecule has 1 amide bonds. The van der Waals surface area contributed by atoms with Crippen LogP contribution in [0.15, 0.2) is 36.7 Å². The molecule has 13 heteroatoms. The van der Waals surface area contributed by atoms with E-state index >= 15 is 0 Å². The van der Waals surface area contributed by atoms with E-state index in [0.29, 0.717) is 6.54 Å². The highest BCUT2D eigenvalue weighted by molar-refractivity contribution is 7.46. The number of nitrogens with two attached hydrogens (primary N) is 2. The number of amides is 1. The zero-order chi connectivity index (χ0) is 21.2. The van der Waals surface area contributed by atoms with Gasteiger partial charge in [-0.25, -0.2) is 9.55 Å². The van der Waals surface area contributed by atoms with Crippen LogP contribution in [0.3, 0.4) is 0 Å². The van der Waals surface area contributed by atoms with Crippen LogP contribution in [0.2, 0.25) is 0 Å². The Labute approximate surface area is 165 Å². The molecule has 1 aliphatic rings. The first-order chi connectivity index (χ1) is 13.7. The van der Waals surface area contributed by atoms with Crippen LogP contribution in [-0.4, -0.2) is 55.2 Å². The van der Waals surface area contributed by atoms with Gasteiger partial charge in [-0.05, 0) is 5.56 Å². The quantitative estimate of drug-likeness (QED) is 0.287. The minimum absolute atomic E-state index is 0.0576. The molecule has 4 atom stereocenters. The second-order valence-electron chi connectivity index (χ2n) is 6.48. The SMILES string of the molecule is NC(=O)c1ncn([C@@H]2O[C@H](COP(=O)(O)O)[C@@H](O)[C@H]2NCc2ccccc2)c1N. The molecule has 8 N–H and O–H groups in total. The average Bonchev–Trinajstić information content (AvgIpc) is 3.18. The van der Waals surface area contributed by atoms with Gasteiger partial charge >= 0.3 is 7.82 Å². The number of primary amides is 1. The Balaban J connectivity index is 1.83. The van der Waals surface area contributed by atoms with Gasteiger partial charge in [0.1, 0.15) is 18.0 Å². The lowest BCUT2D eigenvalue weighted by Gasteiger charge is -2.23. The first-order valence-electron chi connectivity index (χ1n) is 8.60. The van der Waals surface area contributed by atoms with Crippen LogP contribution in [0, 0.1) is 0 Å². The Morgan fingerprint density at radius 3 is 2.62 bits per heavy atom. The number of aliphatic hydroxyl groups excluding tert-OH is 1. The number of ether oxygens (including phenoxy) is 1. The summed E-state index contributed by atoms with van der Waals surface area (Å²) in [6, 6.07) is 8.61. The number of benzene rings is 1. The molecule has 1 saturated heterocycles. The molecule has 158 valence electrons. The summed E-state index contributed by atoms with van der Waals surface area (Å²) in [6.07, 6.45) is -1.95. The van der Waals surface area contributed by atoms with Crippen LogP contribution in [0.4, 0.5) is 5.82 Å². The lowest BCUT2D eigenvalue weighted by Crippen LogP contribution is -2.44. The number of aliphatic hydroxyl groups is 1. The minimum atomic E-state index is -4.75. The molecule has 1 aromatic heterocycles. The lowest BCUT2D eigenvalue weighted by molar-refractivity contribution is -0.0438. The van der Waals surface area contributed by atoms with Crippen LogP contribution in [-0.2, 0) is 20.4 Å². The van der Waals surface area contributed by atoms with Crippen molar-refractivity contribution in [3.8, 4) is 0 Å². The normalized spacial score (nSPS) is 24.7. The second kappa shape index (κ2) is 8.59. The van der Waals surface area contributed by atoms with E-state index in [1.165, 1.54) is 10.9 Å². The summed E-state index contributed by atoms with van der Waals surface area (Å²) in [7, 11) is -4.75. The third-order valence-corrected chi connectivity index (χ3v) is 4.99. The van der Waals surface area contributed by atoms with Gasteiger partial charge in [-0.3, -0.25) is 13.9 Å². The highest BCUT2D eigenvalue weighted by Crippen LogP contribution is 2.39. The van der Waals surface area contributed by atoms with Gasteiger partial charge in [-0.2, -0.15) is 0 Å². The molecule has 12 nitrogen and oxygen atoms in total. The number of carbonyl (C=O) groups is 1. The Morgan fingerprint density at radius 2 is 2.03 bits per heavy atom. The standard InChI is InChI=1S/C16H22N5O7P/c17-14-12(15(18)23)20-8-21(14)16-11(19-6-9-4-2-1-3-5-9)13(22)10(28-16)7-27-29(24,25)26/h1-5,8,10-11,13,16,19,22H,6-7,17H2,(H2,18,23)(H2,24,25,26)/t10-,11-,13-,16-/m1/s1. The molecule has 0 bridgehead atoms. The summed E-state index contributed by atoms with van der Waals surface area (Å²) in [4.78, 5) is 33.2. The molecule has 0 radical (unpaired) electrons. The third kappa shape index (κ3) is 5.00. The lowest BCUT2D eigenvalue weighted by atomic mass is 10.1. The number of nitrogens with zero attached hydrogens (tertiary/aromatic N) is 2. The van der Waals surface area contributed by atoms with Gasteiger partial charge in [0.15, 0.2) is 11.9 Å². The van der Waals surface area contributed by atoms with Crippen molar-refractivity contribution in [1.29, 1.82) is 0 Å². The molecule has 1 fully saturated rings. The van der Waals surface area contributed by atoms with Crippen molar-refractivity contribution < 1.29 is 33.5 Å². The fourth-order valence-corrected chi connectivity index (χ4v) is 3.45. The summed E-state index contributed by atoms with van der Waals surface area (Å²) >= 11 is 0. The zero-order valence-electron chi connectivity index (χ0n) is 15.2. The number of imidazole rings is 1. The van der Waals surface area contributed by atoms with Gasteiger partial charge in [-0.15, -0.1) is 0 Å². The molecular formula is C16H22N5O7P. The Hall–Kier alpha value is -2.31. The summed E-state index contributed by atoms with van der Waals surface area (Å²) < 4.78 is 22.5. The first kappa shape index (κ1) is 21.4. The van der Waals surface area contributed by atoms with E-state index in [2.05, 4.69) is 14.8 Å².